The number of nitrogens with zero attached hydrogens (tertiary/aromatic N) is 2. The van der Waals surface area contributed by atoms with Crippen LogP contribution in [0.4, 0.5) is 5.82 Å². The van der Waals surface area contributed by atoms with Crippen LogP contribution >= 0.6 is 11.6 Å². The van der Waals surface area contributed by atoms with Crippen molar-refractivity contribution in [1.82, 2.24) is 9.97 Å². The Bertz CT molecular complexity index is 1370. The number of fused-ring (bicyclic) bond motifs is 3. The van der Waals surface area contributed by atoms with Gasteiger partial charge in [-0.1, -0.05) is 54.1 Å². The largest absolute Gasteiger partial charge is 0.497 e. The topological polar surface area (TPSA) is 84.3 Å². The fourth-order valence-electron chi connectivity index (χ4n) is 4.30. The second kappa shape index (κ2) is 9.86. The Balaban J connectivity index is 1.54. The molecule has 0 aliphatic heterocycles. The molecule has 0 saturated heterocycles. The van der Waals surface area contributed by atoms with Crippen LogP contribution in [0.15, 0.2) is 72.8 Å². The number of aliphatic hydroxyl groups is 1. The fraction of sp³-hybridized carbons (Fsp3) is 0.179. The number of amides is 1. The summed E-state index contributed by atoms with van der Waals surface area (Å²) in [6.07, 6.45) is 0.555. The number of carbonyl (C=O) groups is 1. The minimum Gasteiger partial charge on any atom is -0.497 e. The van der Waals surface area contributed by atoms with Crippen molar-refractivity contribution in [2.75, 3.05) is 12.4 Å². The van der Waals surface area contributed by atoms with Crippen LogP contribution in [-0.2, 0) is 24.1 Å². The Labute approximate surface area is 208 Å². The Morgan fingerprint density at radius 3 is 2.57 bits per heavy atom. The molecule has 6 nitrogen and oxygen atoms in total. The van der Waals surface area contributed by atoms with Crippen molar-refractivity contribution in [3.8, 4) is 17.0 Å². The number of methoxy groups -OCH3 is 1. The number of aromatic nitrogens is 2. The van der Waals surface area contributed by atoms with Gasteiger partial charge in [-0.25, -0.2) is 9.97 Å². The highest BCUT2D eigenvalue weighted by Gasteiger charge is 2.26. The summed E-state index contributed by atoms with van der Waals surface area (Å²) in [5.74, 6) is 0.816. The maximum atomic E-state index is 12.9. The highest BCUT2D eigenvalue weighted by atomic mass is 35.5. The lowest BCUT2D eigenvalue weighted by atomic mass is 9.91. The molecule has 1 aliphatic carbocycles. The average Bonchev–Trinajstić information content (AvgIpc) is 2.89. The van der Waals surface area contributed by atoms with E-state index in [1.54, 1.807) is 19.2 Å². The van der Waals surface area contributed by atoms with Crippen LogP contribution < -0.4 is 10.1 Å². The first-order valence-electron chi connectivity index (χ1n) is 11.4. The van der Waals surface area contributed by atoms with Crippen LogP contribution in [0.2, 0.25) is 5.02 Å². The van der Waals surface area contributed by atoms with Gasteiger partial charge in [-0.3, -0.25) is 4.79 Å². The van der Waals surface area contributed by atoms with Crippen molar-refractivity contribution in [2.45, 2.75) is 25.4 Å². The fourth-order valence-corrected chi connectivity index (χ4v) is 4.43. The molecule has 5 rings (SSSR count). The standard InChI is InChI=1S/C28H24ClN3O3/c1-35-21-12-13-22-19(16-21)9-14-23-25(22)32-26(27(34)18-5-3-2-4-6-18)28(30-23)31-24(33)15-17-7-10-20(29)11-8-17/h2-8,10-13,16,27,34H,9,14-15H2,1H3,(H,30,31,33). The maximum Gasteiger partial charge on any atom is 0.229 e. The minimum atomic E-state index is -1.05. The minimum absolute atomic E-state index is 0.152. The van der Waals surface area contributed by atoms with Gasteiger partial charge in [-0.2, -0.15) is 0 Å². The predicted octanol–water partition coefficient (Wildman–Crippen LogP) is 5.17. The molecule has 1 aromatic heterocycles. The molecule has 0 saturated carbocycles. The molecular formula is C28H24ClN3O3. The maximum absolute atomic E-state index is 12.9. The number of rotatable bonds is 6. The van der Waals surface area contributed by atoms with E-state index in [0.717, 1.165) is 40.2 Å². The lowest BCUT2D eigenvalue weighted by Crippen LogP contribution is -2.21. The molecule has 1 atom stereocenters. The van der Waals surface area contributed by atoms with Crippen LogP contribution in [0.25, 0.3) is 11.3 Å². The number of hydrogen-bond acceptors (Lipinski definition) is 5. The number of anilines is 1. The van der Waals surface area contributed by atoms with Gasteiger partial charge in [0.2, 0.25) is 5.91 Å². The number of aryl methyl sites for hydroxylation is 2. The number of hydrogen-bond donors (Lipinski definition) is 2. The summed E-state index contributed by atoms with van der Waals surface area (Å²) < 4.78 is 5.38. The first-order valence-corrected chi connectivity index (χ1v) is 11.7. The van der Waals surface area contributed by atoms with E-state index >= 15 is 0 Å². The molecule has 0 radical (unpaired) electrons. The molecule has 3 aromatic carbocycles. The van der Waals surface area contributed by atoms with Gasteiger partial charge >= 0.3 is 0 Å². The van der Waals surface area contributed by atoms with Gasteiger partial charge in [-0.05, 0) is 59.9 Å². The van der Waals surface area contributed by atoms with E-state index in [1.807, 2.05) is 60.7 Å². The van der Waals surface area contributed by atoms with Crippen molar-refractivity contribution >= 4 is 23.3 Å². The third-order valence-electron chi connectivity index (χ3n) is 6.10. The monoisotopic (exact) mass is 485 g/mol. The van der Waals surface area contributed by atoms with E-state index < -0.39 is 6.10 Å². The Kier molecular flexibility index (Phi) is 6.49. The molecule has 4 aromatic rings. The molecule has 1 aliphatic rings. The SMILES string of the molecule is COc1ccc2c(c1)CCc1nc(NC(=O)Cc3ccc(Cl)cc3)c(C(O)c3ccccc3)nc1-2. The van der Waals surface area contributed by atoms with Crippen LogP contribution in [-0.4, -0.2) is 28.1 Å². The summed E-state index contributed by atoms with van der Waals surface area (Å²) in [5.41, 5.74) is 5.38. The van der Waals surface area contributed by atoms with Gasteiger partial charge in [0, 0.05) is 10.6 Å². The van der Waals surface area contributed by atoms with E-state index in [1.165, 1.54) is 0 Å². The molecule has 7 heteroatoms. The smallest absolute Gasteiger partial charge is 0.229 e. The van der Waals surface area contributed by atoms with Crippen molar-refractivity contribution in [2.24, 2.45) is 0 Å². The Hall–Kier alpha value is -3.74. The lowest BCUT2D eigenvalue weighted by Gasteiger charge is -2.23. The molecule has 2 N–H and O–H groups in total. The Morgan fingerprint density at radius 1 is 1.06 bits per heavy atom. The highest BCUT2D eigenvalue weighted by molar-refractivity contribution is 6.30. The van der Waals surface area contributed by atoms with Gasteiger partial charge in [0.15, 0.2) is 5.82 Å². The normalized spacial score (nSPS) is 12.9. The Morgan fingerprint density at radius 2 is 1.83 bits per heavy atom. The zero-order valence-electron chi connectivity index (χ0n) is 19.2. The van der Waals surface area contributed by atoms with Crippen molar-refractivity contribution in [3.05, 3.63) is 106 Å². The first-order chi connectivity index (χ1) is 17.0. The molecule has 1 unspecified atom stereocenters. The summed E-state index contributed by atoms with van der Waals surface area (Å²) in [7, 11) is 1.64. The van der Waals surface area contributed by atoms with Crippen LogP contribution in [0.3, 0.4) is 0 Å². The number of carbonyl (C=O) groups excluding carboxylic acids is 1. The number of nitrogens with one attached hydrogen (secondary N) is 1. The first kappa shape index (κ1) is 23.0. The predicted molar refractivity (Wildman–Crippen MR) is 136 cm³/mol. The molecule has 1 amide bonds. The van der Waals surface area contributed by atoms with Crippen LogP contribution in [0.5, 0.6) is 5.75 Å². The average molecular weight is 486 g/mol. The highest BCUT2D eigenvalue weighted by Crippen LogP contribution is 2.36. The zero-order chi connectivity index (χ0) is 24.4. The number of benzene rings is 3. The van der Waals surface area contributed by atoms with E-state index in [2.05, 4.69) is 5.32 Å². The van der Waals surface area contributed by atoms with Gasteiger partial charge < -0.3 is 15.2 Å². The molecule has 1 heterocycles. The number of aliphatic hydroxyl groups excluding tert-OH is 1. The number of ether oxygens (including phenoxy) is 1. The van der Waals surface area contributed by atoms with E-state index in [4.69, 9.17) is 26.3 Å². The third-order valence-corrected chi connectivity index (χ3v) is 6.36. The van der Waals surface area contributed by atoms with E-state index in [-0.39, 0.29) is 18.1 Å². The zero-order valence-corrected chi connectivity index (χ0v) is 19.9. The molecular weight excluding hydrogens is 462 g/mol. The van der Waals surface area contributed by atoms with Gasteiger partial charge in [0.05, 0.1) is 24.9 Å². The molecule has 176 valence electrons. The second-order valence-corrected chi connectivity index (χ2v) is 8.88. The molecule has 0 bridgehead atoms. The van der Waals surface area contributed by atoms with Crippen LogP contribution in [0, 0.1) is 0 Å². The number of halogens is 1. The van der Waals surface area contributed by atoms with Gasteiger partial charge in [-0.15, -0.1) is 0 Å². The van der Waals surface area contributed by atoms with Gasteiger partial charge in [0.25, 0.3) is 0 Å². The summed E-state index contributed by atoms with van der Waals surface area (Å²) in [4.78, 5) is 22.6. The second-order valence-electron chi connectivity index (χ2n) is 8.44. The lowest BCUT2D eigenvalue weighted by molar-refractivity contribution is -0.115. The van der Waals surface area contributed by atoms with Gasteiger partial charge in [0.1, 0.15) is 17.5 Å². The van der Waals surface area contributed by atoms with E-state index in [0.29, 0.717) is 22.7 Å². The van der Waals surface area contributed by atoms with E-state index in [9.17, 15) is 9.90 Å². The molecule has 0 fully saturated rings. The van der Waals surface area contributed by atoms with Crippen molar-refractivity contribution in [3.63, 3.8) is 0 Å². The summed E-state index contributed by atoms with van der Waals surface area (Å²) in [6.45, 7) is 0. The van der Waals surface area contributed by atoms with Crippen molar-refractivity contribution < 1.29 is 14.6 Å². The van der Waals surface area contributed by atoms with Crippen LogP contribution in [0.1, 0.15) is 34.2 Å². The summed E-state index contributed by atoms with van der Waals surface area (Å²) >= 11 is 5.96. The molecule has 35 heavy (non-hydrogen) atoms. The summed E-state index contributed by atoms with van der Waals surface area (Å²) in [5, 5.41) is 14.8. The van der Waals surface area contributed by atoms with Crippen molar-refractivity contribution in [1.29, 1.82) is 0 Å². The quantitative estimate of drug-likeness (QED) is 0.393. The molecule has 0 spiro atoms. The summed E-state index contributed by atoms with van der Waals surface area (Å²) in [6, 6.07) is 22.2. The third kappa shape index (κ3) is 4.90.